The molecule has 2 aromatic carbocycles. The fourth-order valence-corrected chi connectivity index (χ4v) is 2.33. The van der Waals surface area contributed by atoms with Gasteiger partial charge in [-0.05, 0) is 29.8 Å². The Morgan fingerprint density at radius 1 is 1.00 bits per heavy atom. The molecule has 1 unspecified atom stereocenters. The molecule has 90 valence electrons. The highest BCUT2D eigenvalue weighted by Gasteiger charge is 2.25. The van der Waals surface area contributed by atoms with Gasteiger partial charge in [-0.15, -0.1) is 0 Å². The van der Waals surface area contributed by atoms with E-state index in [1.54, 1.807) is 0 Å². The van der Waals surface area contributed by atoms with Gasteiger partial charge in [-0.3, -0.25) is 0 Å². The molecule has 0 N–H and O–H groups in total. The van der Waals surface area contributed by atoms with Crippen LogP contribution in [-0.2, 0) is 0 Å². The van der Waals surface area contributed by atoms with Crippen LogP contribution in [0.5, 0.6) is 0 Å². The van der Waals surface area contributed by atoms with E-state index in [0.29, 0.717) is 6.54 Å². The molecule has 1 atom stereocenters. The largest absolute Gasteiger partial charge is 0.238 e. The highest BCUT2D eigenvalue weighted by molar-refractivity contribution is 9.10. The van der Waals surface area contributed by atoms with E-state index in [0.717, 1.165) is 10.2 Å². The Labute approximate surface area is 114 Å². The van der Waals surface area contributed by atoms with Crippen LogP contribution in [0.4, 0.5) is 5.69 Å². The van der Waals surface area contributed by atoms with Crippen LogP contribution in [0.3, 0.4) is 0 Å². The minimum absolute atomic E-state index is 0.201. The van der Waals surface area contributed by atoms with Crippen molar-refractivity contribution in [3.63, 3.8) is 0 Å². The molecule has 0 amide bonds. The number of halogens is 1. The Morgan fingerprint density at radius 3 is 2.44 bits per heavy atom. The fourth-order valence-electron chi connectivity index (χ4n) is 2.07. The van der Waals surface area contributed by atoms with Gasteiger partial charge in [0.15, 0.2) is 0 Å². The van der Waals surface area contributed by atoms with Crippen LogP contribution in [0.1, 0.15) is 11.6 Å². The Morgan fingerprint density at radius 2 is 1.72 bits per heavy atom. The van der Waals surface area contributed by atoms with Crippen LogP contribution < -0.4 is 5.01 Å². The van der Waals surface area contributed by atoms with Crippen molar-refractivity contribution in [2.24, 2.45) is 10.3 Å². The molecule has 0 saturated carbocycles. The zero-order chi connectivity index (χ0) is 12.4. The smallest absolute Gasteiger partial charge is 0.101 e. The van der Waals surface area contributed by atoms with Gasteiger partial charge in [-0.25, -0.2) is 5.01 Å². The van der Waals surface area contributed by atoms with Crippen LogP contribution in [0.15, 0.2) is 69.4 Å². The third-order valence-corrected chi connectivity index (χ3v) is 3.51. The van der Waals surface area contributed by atoms with E-state index in [1.165, 1.54) is 5.56 Å². The van der Waals surface area contributed by atoms with Gasteiger partial charge in [0.2, 0.25) is 0 Å². The van der Waals surface area contributed by atoms with Gasteiger partial charge in [-0.1, -0.05) is 51.5 Å². The number of rotatable bonds is 2. The van der Waals surface area contributed by atoms with Gasteiger partial charge < -0.3 is 0 Å². The zero-order valence-electron chi connectivity index (χ0n) is 9.70. The molecule has 1 heterocycles. The molecule has 3 nitrogen and oxygen atoms in total. The van der Waals surface area contributed by atoms with Gasteiger partial charge >= 0.3 is 0 Å². The number of nitrogens with zero attached hydrogens (tertiary/aromatic N) is 3. The molecule has 2 aromatic rings. The highest BCUT2D eigenvalue weighted by Crippen LogP contribution is 2.32. The van der Waals surface area contributed by atoms with Crippen LogP contribution >= 0.6 is 15.9 Å². The van der Waals surface area contributed by atoms with Gasteiger partial charge in [0, 0.05) is 4.47 Å². The first-order chi connectivity index (χ1) is 8.84. The normalized spacial score (nSPS) is 18.3. The predicted octanol–water partition coefficient (Wildman–Crippen LogP) is 4.38. The molecule has 0 saturated heterocycles. The summed E-state index contributed by atoms with van der Waals surface area (Å²) in [6.45, 7) is 0.708. The van der Waals surface area contributed by atoms with Crippen molar-refractivity contribution in [3.8, 4) is 0 Å². The van der Waals surface area contributed by atoms with Crippen molar-refractivity contribution in [2.45, 2.75) is 6.04 Å². The maximum absolute atomic E-state index is 4.24. The van der Waals surface area contributed by atoms with Crippen molar-refractivity contribution in [1.29, 1.82) is 0 Å². The first kappa shape index (κ1) is 11.4. The molecule has 1 aliphatic rings. The molecule has 1 aliphatic heterocycles. The van der Waals surface area contributed by atoms with Crippen molar-refractivity contribution in [1.82, 2.24) is 0 Å². The van der Waals surface area contributed by atoms with E-state index in [9.17, 15) is 0 Å². The maximum Gasteiger partial charge on any atom is 0.101 e. The SMILES string of the molecule is Brc1ccc(N2N=NCC2c2ccccc2)cc1. The summed E-state index contributed by atoms with van der Waals surface area (Å²) in [5, 5.41) is 10.4. The second-order valence-electron chi connectivity index (χ2n) is 4.16. The summed E-state index contributed by atoms with van der Waals surface area (Å²) >= 11 is 3.44. The summed E-state index contributed by atoms with van der Waals surface area (Å²) in [7, 11) is 0. The first-order valence-electron chi connectivity index (χ1n) is 5.82. The Kier molecular flexibility index (Phi) is 3.11. The van der Waals surface area contributed by atoms with E-state index in [1.807, 2.05) is 47.5 Å². The summed E-state index contributed by atoms with van der Waals surface area (Å²) in [6, 6.07) is 18.7. The summed E-state index contributed by atoms with van der Waals surface area (Å²) in [4.78, 5) is 0. The van der Waals surface area contributed by atoms with E-state index in [-0.39, 0.29) is 6.04 Å². The van der Waals surface area contributed by atoms with Crippen LogP contribution in [0.2, 0.25) is 0 Å². The Hall–Kier alpha value is -1.68. The molecule has 0 radical (unpaired) electrons. The lowest BCUT2D eigenvalue weighted by atomic mass is 10.1. The topological polar surface area (TPSA) is 28.0 Å². The fraction of sp³-hybridized carbons (Fsp3) is 0.143. The van der Waals surface area contributed by atoms with Crippen LogP contribution in [0, 0.1) is 0 Å². The van der Waals surface area contributed by atoms with E-state index in [2.05, 4.69) is 38.4 Å². The average Bonchev–Trinajstić information content (AvgIpc) is 2.90. The number of hydrogen-bond acceptors (Lipinski definition) is 3. The summed E-state index contributed by atoms with van der Waals surface area (Å²) in [5.74, 6) is 0. The highest BCUT2D eigenvalue weighted by atomic mass is 79.9. The van der Waals surface area contributed by atoms with Crippen LogP contribution in [0.25, 0.3) is 0 Å². The molecular weight excluding hydrogens is 290 g/mol. The Balaban J connectivity index is 1.91. The Bertz CT molecular complexity index is 551. The average molecular weight is 302 g/mol. The number of benzene rings is 2. The number of anilines is 1. The van der Waals surface area contributed by atoms with Gasteiger partial charge in [0.1, 0.15) is 6.04 Å². The second-order valence-corrected chi connectivity index (χ2v) is 5.08. The summed E-state index contributed by atoms with van der Waals surface area (Å²) in [5.41, 5.74) is 2.30. The molecule has 0 fully saturated rings. The lowest BCUT2D eigenvalue weighted by Crippen LogP contribution is -2.20. The van der Waals surface area contributed by atoms with E-state index < -0.39 is 0 Å². The lowest BCUT2D eigenvalue weighted by molar-refractivity contribution is 0.732. The van der Waals surface area contributed by atoms with Crippen molar-refractivity contribution < 1.29 is 0 Å². The van der Waals surface area contributed by atoms with Crippen molar-refractivity contribution in [3.05, 3.63) is 64.6 Å². The molecule has 0 aliphatic carbocycles. The molecule has 4 heteroatoms. The maximum atomic E-state index is 4.24. The van der Waals surface area contributed by atoms with E-state index in [4.69, 9.17) is 0 Å². The molecule has 0 bridgehead atoms. The second kappa shape index (κ2) is 4.90. The molecule has 0 aromatic heterocycles. The quantitative estimate of drug-likeness (QED) is 0.809. The zero-order valence-corrected chi connectivity index (χ0v) is 11.3. The minimum atomic E-state index is 0.201. The van der Waals surface area contributed by atoms with Crippen molar-refractivity contribution >= 4 is 21.6 Å². The third kappa shape index (κ3) is 2.16. The molecule has 3 rings (SSSR count). The predicted molar refractivity (Wildman–Crippen MR) is 75.5 cm³/mol. The molecule has 0 spiro atoms. The summed E-state index contributed by atoms with van der Waals surface area (Å²) in [6.07, 6.45) is 0. The summed E-state index contributed by atoms with van der Waals surface area (Å²) < 4.78 is 1.07. The van der Waals surface area contributed by atoms with Gasteiger partial charge in [-0.2, -0.15) is 5.11 Å². The van der Waals surface area contributed by atoms with Gasteiger partial charge in [0.25, 0.3) is 0 Å². The monoisotopic (exact) mass is 301 g/mol. The molecule has 18 heavy (non-hydrogen) atoms. The van der Waals surface area contributed by atoms with Crippen LogP contribution in [-0.4, -0.2) is 6.54 Å². The van der Waals surface area contributed by atoms with Crippen molar-refractivity contribution in [2.75, 3.05) is 11.6 Å². The number of hydrogen-bond donors (Lipinski definition) is 0. The third-order valence-electron chi connectivity index (χ3n) is 2.98. The standard InChI is InChI=1S/C14H12BrN3/c15-12-6-8-13(9-7-12)18-14(10-16-17-18)11-4-2-1-3-5-11/h1-9,14H,10H2. The van der Waals surface area contributed by atoms with E-state index >= 15 is 0 Å². The minimum Gasteiger partial charge on any atom is -0.238 e. The lowest BCUT2D eigenvalue weighted by Gasteiger charge is -2.22. The first-order valence-corrected chi connectivity index (χ1v) is 6.61. The van der Waals surface area contributed by atoms with Gasteiger partial charge in [0.05, 0.1) is 12.2 Å². The molecular formula is C14H12BrN3.